The van der Waals surface area contributed by atoms with Gasteiger partial charge in [0, 0.05) is 19.1 Å². The Morgan fingerprint density at radius 1 is 1.21 bits per heavy atom. The summed E-state index contributed by atoms with van der Waals surface area (Å²) in [6, 6.07) is 7.15. The van der Waals surface area contributed by atoms with Gasteiger partial charge in [-0.05, 0) is 38.6 Å². The number of hydrogen-bond acceptors (Lipinski definition) is 3. The van der Waals surface area contributed by atoms with Gasteiger partial charge in [-0.1, -0.05) is 32.3 Å². The Kier molecular flexibility index (Phi) is 5.80. The number of nitrogens with one attached hydrogen (secondary N) is 1. The van der Waals surface area contributed by atoms with Crippen LogP contribution in [0.1, 0.15) is 50.4 Å². The Morgan fingerprint density at radius 3 is 2.63 bits per heavy atom. The summed E-state index contributed by atoms with van der Waals surface area (Å²) in [5, 5.41) is 3.17. The molecule has 1 fully saturated rings. The lowest BCUT2D eigenvalue weighted by Crippen LogP contribution is -2.36. The van der Waals surface area contributed by atoms with Crippen molar-refractivity contribution in [2.24, 2.45) is 0 Å². The number of pyridine rings is 1. The van der Waals surface area contributed by atoms with Gasteiger partial charge in [0.15, 0.2) is 0 Å². The van der Waals surface area contributed by atoms with Crippen LogP contribution in [0.25, 0.3) is 0 Å². The molecule has 0 unspecified atom stereocenters. The Hall–Kier alpha value is -0.930. The summed E-state index contributed by atoms with van der Waals surface area (Å²) in [7, 11) is 1.97. The molecule has 19 heavy (non-hydrogen) atoms. The van der Waals surface area contributed by atoms with E-state index in [1.54, 1.807) is 0 Å². The van der Waals surface area contributed by atoms with Gasteiger partial charge in [-0.2, -0.15) is 0 Å². The molecule has 1 N–H and O–H groups in total. The lowest BCUT2D eigenvalue weighted by atomic mass is 9.94. The van der Waals surface area contributed by atoms with Crippen LogP contribution in [-0.2, 0) is 13.1 Å². The second-order valence-electron chi connectivity index (χ2n) is 5.51. The molecule has 1 aliphatic rings. The maximum atomic E-state index is 4.74. The van der Waals surface area contributed by atoms with Gasteiger partial charge in [0.05, 0.1) is 11.4 Å². The minimum Gasteiger partial charge on any atom is -0.314 e. The normalized spacial score (nSPS) is 17.0. The summed E-state index contributed by atoms with van der Waals surface area (Å²) in [5.41, 5.74) is 2.35. The molecule has 1 saturated carbocycles. The van der Waals surface area contributed by atoms with Gasteiger partial charge >= 0.3 is 0 Å². The Labute approximate surface area is 117 Å². The lowest BCUT2D eigenvalue weighted by Gasteiger charge is -2.33. The summed E-state index contributed by atoms with van der Waals surface area (Å²) >= 11 is 0. The molecule has 0 bridgehead atoms. The SMILES string of the molecule is CCN(Cc1cccc(CNC)n1)C1CCCCC1. The van der Waals surface area contributed by atoms with E-state index >= 15 is 0 Å². The van der Waals surface area contributed by atoms with Crippen molar-refractivity contribution in [2.75, 3.05) is 13.6 Å². The zero-order valence-electron chi connectivity index (χ0n) is 12.4. The first kappa shape index (κ1) is 14.5. The summed E-state index contributed by atoms with van der Waals surface area (Å²) in [6.45, 7) is 5.25. The molecule has 0 amide bonds. The minimum atomic E-state index is 0.772. The second kappa shape index (κ2) is 7.61. The molecule has 106 valence electrons. The number of rotatable bonds is 6. The van der Waals surface area contributed by atoms with E-state index in [-0.39, 0.29) is 0 Å². The fourth-order valence-corrected chi connectivity index (χ4v) is 3.05. The topological polar surface area (TPSA) is 28.2 Å². The maximum Gasteiger partial charge on any atom is 0.0547 e. The van der Waals surface area contributed by atoms with Crippen LogP contribution < -0.4 is 5.32 Å². The van der Waals surface area contributed by atoms with E-state index in [1.807, 2.05) is 7.05 Å². The third-order valence-electron chi connectivity index (χ3n) is 4.08. The average molecular weight is 261 g/mol. The van der Waals surface area contributed by atoms with Gasteiger partial charge in [-0.25, -0.2) is 0 Å². The van der Waals surface area contributed by atoms with Gasteiger partial charge in [-0.15, -0.1) is 0 Å². The van der Waals surface area contributed by atoms with Crippen molar-refractivity contribution >= 4 is 0 Å². The summed E-state index contributed by atoms with van der Waals surface area (Å²) in [4.78, 5) is 7.34. The standard InChI is InChI=1S/C16H27N3/c1-3-19(16-10-5-4-6-11-16)13-15-9-7-8-14(18-15)12-17-2/h7-9,16-17H,3-6,10-13H2,1-2H3. The Morgan fingerprint density at radius 2 is 1.95 bits per heavy atom. The van der Waals surface area contributed by atoms with E-state index in [1.165, 1.54) is 37.8 Å². The van der Waals surface area contributed by atoms with E-state index in [0.29, 0.717) is 0 Å². The smallest absolute Gasteiger partial charge is 0.0547 e. The van der Waals surface area contributed by atoms with Crippen LogP contribution in [0.15, 0.2) is 18.2 Å². The molecular weight excluding hydrogens is 234 g/mol. The van der Waals surface area contributed by atoms with E-state index in [2.05, 4.69) is 35.3 Å². The quantitative estimate of drug-likeness (QED) is 0.853. The first-order valence-electron chi connectivity index (χ1n) is 7.67. The number of aromatic nitrogens is 1. The van der Waals surface area contributed by atoms with Crippen molar-refractivity contribution in [2.45, 2.75) is 58.2 Å². The average Bonchev–Trinajstić information content (AvgIpc) is 2.46. The third kappa shape index (κ3) is 4.29. The van der Waals surface area contributed by atoms with Crippen LogP contribution in [0, 0.1) is 0 Å². The zero-order chi connectivity index (χ0) is 13.5. The molecule has 1 aromatic rings. The van der Waals surface area contributed by atoms with Gasteiger partial charge in [-0.3, -0.25) is 9.88 Å². The van der Waals surface area contributed by atoms with Crippen LogP contribution in [-0.4, -0.2) is 29.5 Å². The molecule has 0 saturated heterocycles. The van der Waals surface area contributed by atoms with Crippen molar-refractivity contribution in [3.63, 3.8) is 0 Å². The Balaban J connectivity index is 1.98. The molecule has 0 aliphatic heterocycles. The van der Waals surface area contributed by atoms with Crippen molar-refractivity contribution in [3.05, 3.63) is 29.6 Å². The molecule has 0 spiro atoms. The predicted molar refractivity (Wildman–Crippen MR) is 80.0 cm³/mol. The van der Waals surface area contributed by atoms with Gasteiger partial charge in [0.25, 0.3) is 0 Å². The van der Waals surface area contributed by atoms with E-state index in [9.17, 15) is 0 Å². The third-order valence-corrected chi connectivity index (χ3v) is 4.08. The van der Waals surface area contributed by atoms with Crippen LogP contribution in [0.5, 0.6) is 0 Å². The number of hydrogen-bond donors (Lipinski definition) is 1. The fourth-order valence-electron chi connectivity index (χ4n) is 3.05. The van der Waals surface area contributed by atoms with E-state index < -0.39 is 0 Å². The Bertz CT molecular complexity index is 372. The predicted octanol–water partition coefficient (Wildman–Crippen LogP) is 2.96. The van der Waals surface area contributed by atoms with Crippen LogP contribution >= 0.6 is 0 Å². The molecule has 1 heterocycles. The zero-order valence-corrected chi connectivity index (χ0v) is 12.4. The second-order valence-corrected chi connectivity index (χ2v) is 5.51. The van der Waals surface area contributed by atoms with Crippen LogP contribution in [0.3, 0.4) is 0 Å². The van der Waals surface area contributed by atoms with Crippen LogP contribution in [0.2, 0.25) is 0 Å². The van der Waals surface area contributed by atoms with Crippen LogP contribution in [0.4, 0.5) is 0 Å². The molecule has 1 aromatic heterocycles. The lowest BCUT2D eigenvalue weighted by molar-refractivity contribution is 0.154. The molecular formula is C16H27N3. The van der Waals surface area contributed by atoms with Crippen molar-refractivity contribution in [1.82, 2.24) is 15.2 Å². The summed E-state index contributed by atoms with van der Waals surface area (Å²) in [6.07, 6.45) is 6.95. The molecule has 3 heteroatoms. The highest BCUT2D eigenvalue weighted by Gasteiger charge is 2.20. The van der Waals surface area contributed by atoms with E-state index in [4.69, 9.17) is 4.98 Å². The largest absolute Gasteiger partial charge is 0.314 e. The van der Waals surface area contributed by atoms with Gasteiger partial charge < -0.3 is 5.32 Å². The van der Waals surface area contributed by atoms with Crippen molar-refractivity contribution in [1.29, 1.82) is 0 Å². The molecule has 0 atom stereocenters. The maximum absolute atomic E-state index is 4.74. The summed E-state index contributed by atoms with van der Waals surface area (Å²) in [5.74, 6) is 0. The van der Waals surface area contributed by atoms with Gasteiger partial charge in [0.2, 0.25) is 0 Å². The van der Waals surface area contributed by atoms with Crippen molar-refractivity contribution < 1.29 is 0 Å². The highest BCUT2D eigenvalue weighted by Crippen LogP contribution is 2.23. The minimum absolute atomic E-state index is 0.772. The van der Waals surface area contributed by atoms with E-state index in [0.717, 1.165) is 31.4 Å². The molecule has 2 rings (SSSR count). The monoisotopic (exact) mass is 261 g/mol. The highest BCUT2D eigenvalue weighted by atomic mass is 15.2. The first-order valence-corrected chi connectivity index (χ1v) is 7.67. The number of nitrogens with zero attached hydrogens (tertiary/aromatic N) is 2. The summed E-state index contributed by atoms with van der Waals surface area (Å²) < 4.78 is 0. The molecule has 3 nitrogen and oxygen atoms in total. The highest BCUT2D eigenvalue weighted by molar-refractivity contribution is 5.11. The molecule has 0 aromatic carbocycles. The molecule has 1 aliphatic carbocycles. The first-order chi connectivity index (χ1) is 9.33. The van der Waals surface area contributed by atoms with Crippen molar-refractivity contribution in [3.8, 4) is 0 Å². The van der Waals surface area contributed by atoms with Gasteiger partial charge in [0.1, 0.15) is 0 Å². The molecule has 0 radical (unpaired) electrons. The fraction of sp³-hybridized carbons (Fsp3) is 0.688.